The molecule has 0 saturated heterocycles. The lowest BCUT2D eigenvalue weighted by Gasteiger charge is -2.56. The van der Waals surface area contributed by atoms with Crippen molar-refractivity contribution in [2.24, 2.45) is 31.8 Å². The molecular weight excluding hydrogens is 426 g/mol. The van der Waals surface area contributed by atoms with Crippen molar-refractivity contribution in [1.82, 2.24) is 19.1 Å². The maximum atomic E-state index is 12.9. The first-order valence-electron chi connectivity index (χ1n) is 11.2. The molecule has 9 heteroatoms. The van der Waals surface area contributed by atoms with Crippen LogP contribution in [0.2, 0.25) is 0 Å². The third kappa shape index (κ3) is 2.90. The van der Waals surface area contributed by atoms with Crippen LogP contribution in [0.4, 0.5) is 5.13 Å². The number of thiazole rings is 1. The van der Waals surface area contributed by atoms with Crippen molar-refractivity contribution in [3.8, 4) is 0 Å². The highest BCUT2D eigenvalue weighted by Crippen LogP contribution is 2.60. The number of carbonyl (C=O) groups excluding carboxylic acids is 1. The Labute approximate surface area is 188 Å². The number of hydrogen-bond donors (Lipinski definition) is 1. The van der Waals surface area contributed by atoms with Crippen LogP contribution in [0.25, 0.3) is 11.0 Å². The largest absolute Gasteiger partial charge is 0.332 e. The molecule has 0 spiro atoms. The quantitative estimate of drug-likeness (QED) is 0.660. The summed E-state index contributed by atoms with van der Waals surface area (Å²) < 4.78 is 2.32. The molecule has 32 heavy (non-hydrogen) atoms. The number of nitrogens with zero attached hydrogens (tertiary/aromatic N) is 4. The standard InChI is InChI=1S/C23H25N5O3S/c1-27-18-16(20(30)28(2)22(27)31)6-15(10-24-18)19(29)26-21-25-17(11-32-21)23-7-12-3-13(8-23)5-14(4-12)9-23/h6,10-14H,3-5,7-9H2,1-2H3,(H,25,26,29). The van der Waals surface area contributed by atoms with Crippen LogP contribution in [0.15, 0.2) is 27.2 Å². The maximum absolute atomic E-state index is 12.9. The van der Waals surface area contributed by atoms with Gasteiger partial charge in [0.15, 0.2) is 5.13 Å². The number of anilines is 1. The van der Waals surface area contributed by atoms with Gasteiger partial charge in [-0.1, -0.05) is 0 Å². The summed E-state index contributed by atoms with van der Waals surface area (Å²) in [6.45, 7) is 0. The van der Waals surface area contributed by atoms with Crippen LogP contribution >= 0.6 is 11.3 Å². The van der Waals surface area contributed by atoms with Crippen molar-refractivity contribution in [3.63, 3.8) is 0 Å². The second-order valence-electron chi connectivity index (χ2n) is 9.99. The van der Waals surface area contributed by atoms with Crippen LogP contribution in [-0.4, -0.2) is 25.0 Å². The number of aromatic nitrogens is 4. The summed E-state index contributed by atoms with van der Waals surface area (Å²) in [6.07, 6.45) is 9.23. The highest BCUT2D eigenvalue weighted by Gasteiger charge is 2.52. The predicted octanol–water partition coefficient (Wildman–Crippen LogP) is 2.81. The fourth-order valence-corrected chi connectivity index (χ4v) is 7.59. The lowest BCUT2D eigenvalue weighted by Crippen LogP contribution is -2.48. The topological polar surface area (TPSA) is 98.9 Å². The van der Waals surface area contributed by atoms with Crippen molar-refractivity contribution < 1.29 is 4.79 Å². The van der Waals surface area contributed by atoms with E-state index < -0.39 is 11.2 Å². The molecule has 1 amide bonds. The van der Waals surface area contributed by atoms with E-state index in [9.17, 15) is 14.4 Å². The number of hydrogen-bond acceptors (Lipinski definition) is 6. The minimum Gasteiger partial charge on any atom is -0.298 e. The number of carbonyl (C=O) groups is 1. The molecule has 4 aliphatic rings. The first-order valence-corrected chi connectivity index (χ1v) is 12.0. The van der Waals surface area contributed by atoms with Gasteiger partial charge in [-0.05, 0) is 62.3 Å². The summed E-state index contributed by atoms with van der Waals surface area (Å²) in [5, 5.41) is 5.81. The van der Waals surface area contributed by atoms with E-state index >= 15 is 0 Å². The molecule has 3 aromatic heterocycles. The fourth-order valence-electron chi connectivity index (χ4n) is 6.76. The Balaban J connectivity index is 1.28. The van der Waals surface area contributed by atoms with Gasteiger partial charge in [-0.25, -0.2) is 14.8 Å². The van der Waals surface area contributed by atoms with Crippen LogP contribution in [-0.2, 0) is 19.5 Å². The molecule has 1 N–H and O–H groups in total. The monoisotopic (exact) mass is 451 g/mol. The second-order valence-corrected chi connectivity index (χ2v) is 10.8. The van der Waals surface area contributed by atoms with Gasteiger partial charge < -0.3 is 0 Å². The van der Waals surface area contributed by atoms with Crippen molar-refractivity contribution in [3.05, 3.63) is 49.7 Å². The van der Waals surface area contributed by atoms with E-state index in [2.05, 4.69) is 15.7 Å². The number of nitrogens with one attached hydrogen (secondary N) is 1. The number of rotatable bonds is 3. The molecule has 4 fully saturated rings. The lowest BCUT2D eigenvalue weighted by molar-refractivity contribution is -0.00688. The highest BCUT2D eigenvalue weighted by atomic mass is 32.1. The molecule has 0 radical (unpaired) electrons. The van der Waals surface area contributed by atoms with E-state index in [1.807, 2.05) is 0 Å². The smallest absolute Gasteiger partial charge is 0.298 e. The molecular formula is C23H25N5O3S. The average Bonchev–Trinajstić information content (AvgIpc) is 3.24. The van der Waals surface area contributed by atoms with Crippen LogP contribution in [0, 0.1) is 17.8 Å². The van der Waals surface area contributed by atoms with Crippen LogP contribution in [0.1, 0.15) is 54.6 Å². The average molecular weight is 452 g/mol. The molecule has 0 unspecified atom stereocenters. The molecule has 4 aliphatic carbocycles. The van der Waals surface area contributed by atoms with Crippen LogP contribution in [0.5, 0.6) is 0 Å². The summed E-state index contributed by atoms with van der Waals surface area (Å²) in [5.74, 6) is 2.15. The number of pyridine rings is 1. The summed E-state index contributed by atoms with van der Waals surface area (Å²) in [7, 11) is 2.97. The zero-order chi connectivity index (χ0) is 22.2. The van der Waals surface area contributed by atoms with Crippen molar-refractivity contribution in [1.29, 1.82) is 0 Å². The zero-order valence-electron chi connectivity index (χ0n) is 18.1. The van der Waals surface area contributed by atoms with Crippen molar-refractivity contribution >= 4 is 33.4 Å². The molecule has 0 aliphatic heterocycles. The van der Waals surface area contributed by atoms with Gasteiger partial charge in [-0.2, -0.15) is 0 Å². The van der Waals surface area contributed by atoms with Crippen LogP contribution < -0.4 is 16.6 Å². The Morgan fingerprint density at radius 2 is 1.75 bits per heavy atom. The number of amides is 1. The number of aryl methyl sites for hydroxylation is 1. The molecule has 0 atom stereocenters. The van der Waals surface area contributed by atoms with Gasteiger partial charge in [0, 0.05) is 31.1 Å². The van der Waals surface area contributed by atoms with Gasteiger partial charge in [0.05, 0.1) is 16.6 Å². The first-order chi connectivity index (χ1) is 15.3. The molecule has 166 valence electrons. The van der Waals surface area contributed by atoms with E-state index in [1.165, 1.54) is 73.7 Å². The summed E-state index contributed by atoms with van der Waals surface area (Å²) in [6, 6.07) is 1.49. The second kappa shape index (κ2) is 6.84. The van der Waals surface area contributed by atoms with Crippen molar-refractivity contribution in [2.75, 3.05) is 5.32 Å². The Bertz CT molecular complexity index is 1350. The number of fused-ring (bicyclic) bond motifs is 1. The lowest BCUT2D eigenvalue weighted by atomic mass is 9.49. The van der Waals surface area contributed by atoms with E-state index in [-0.39, 0.29) is 27.9 Å². The first kappa shape index (κ1) is 19.8. The maximum Gasteiger partial charge on any atom is 0.332 e. The van der Waals surface area contributed by atoms with Gasteiger partial charge in [-0.15, -0.1) is 11.3 Å². The van der Waals surface area contributed by atoms with Gasteiger partial charge in [0.25, 0.3) is 11.5 Å². The van der Waals surface area contributed by atoms with Gasteiger partial charge >= 0.3 is 5.69 Å². The van der Waals surface area contributed by atoms with Gasteiger partial charge in [0.1, 0.15) is 5.65 Å². The van der Waals surface area contributed by atoms with E-state index in [0.29, 0.717) is 5.13 Å². The zero-order valence-corrected chi connectivity index (χ0v) is 18.9. The summed E-state index contributed by atoms with van der Waals surface area (Å²) in [5.41, 5.74) is 0.927. The summed E-state index contributed by atoms with van der Waals surface area (Å²) >= 11 is 1.46. The minimum absolute atomic E-state index is 0.190. The molecule has 3 heterocycles. The fraction of sp³-hybridized carbons (Fsp3) is 0.522. The minimum atomic E-state index is -0.469. The van der Waals surface area contributed by atoms with Gasteiger partial charge in [0.2, 0.25) is 0 Å². The van der Waals surface area contributed by atoms with Crippen LogP contribution in [0.3, 0.4) is 0 Å². The SMILES string of the molecule is Cn1c(=O)c2cc(C(=O)Nc3nc(C45CC6CC(CC(C6)C4)C5)cs3)cnc2n(C)c1=O. The molecule has 7 rings (SSSR count). The Morgan fingerprint density at radius 1 is 1.09 bits per heavy atom. The summed E-state index contributed by atoms with van der Waals surface area (Å²) in [4.78, 5) is 46.6. The van der Waals surface area contributed by atoms with E-state index in [1.54, 1.807) is 7.05 Å². The molecule has 4 bridgehead atoms. The Morgan fingerprint density at radius 3 is 2.41 bits per heavy atom. The van der Waals surface area contributed by atoms with Gasteiger partial charge in [-0.3, -0.25) is 24.0 Å². The Kier molecular flexibility index (Phi) is 4.24. The molecule has 8 nitrogen and oxygen atoms in total. The highest BCUT2D eigenvalue weighted by molar-refractivity contribution is 7.14. The normalized spacial score (nSPS) is 28.4. The molecule has 3 aromatic rings. The van der Waals surface area contributed by atoms with Crippen molar-refractivity contribution in [2.45, 2.75) is 43.9 Å². The third-order valence-corrected chi connectivity index (χ3v) is 8.62. The molecule has 4 saturated carbocycles. The van der Waals surface area contributed by atoms with E-state index in [4.69, 9.17) is 4.98 Å². The predicted molar refractivity (Wildman–Crippen MR) is 122 cm³/mol. The van der Waals surface area contributed by atoms with E-state index in [0.717, 1.165) is 28.0 Å². The Hall–Kier alpha value is -2.81. The molecule has 0 aromatic carbocycles. The third-order valence-electron chi connectivity index (χ3n) is 7.86.